The Bertz CT molecular complexity index is 1160. The summed E-state index contributed by atoms with van der Waals surface area (Å²) >= 11 is 0. The van der Waals surface area contributed by atoms with Crippen molar-refractivity contribution in [3.05, 3.63) is 88.7 Å². The third-order valence-corrected chi connectivity index (χ3v) is 4.13. The first-order chi connectivity index (χ1) is 12.6. The monoisotopic (exact) mass is 345 g/mol. The van der Waals surface area contributed by atoms with Crippen LogP contribution in [0.5, 0.6) is 5.75 Å². The second-order valence-electron chi connectivity index (χ2n) is 5.82. The molecule has 0 saturated carbocycles. The van der Waals surface area contributed by atoms with Gasteiger partial charge in [-0.2, -0.15) is 0 Å². The first-order valence-electron chi connectivity index (χ1n) is 8.03. The Kier molecular flexibility index (Phi) is 3.78. The summed E-state index contributed by atoms with van der Waals surface area (Å²) in [6.45, 7) is 0. The van der Waals surface area contributed by atoms with Crippen LogP contribution in [0.15, 0.2) is 77.6 Å². The van der Waals surface area contributed by atoms with Gasteiger partial charge >= 0.3 is 0 Å². The molecule has 1 heterocycles. The highest BCUT2D eigenvalue weighted by Crippen LogP contribution is 2.28. The third kappa shape index (κ3) is 2.73. The van der Waals surface area contributed by atoms with Gasteiger partial charge in [0.05, 0.1) is 11.3 Å². The molecule has 0 bridgehead atoms. The second kappa shape index (κ2) is 6.25. The van der Waals surface area contributed by atoms with Crippen molar-refractivity contribution in [2.75, 3.05) is 5.32 Å². The number of benzene rings is 3. The van der Waals surface area contributed by atoms with Crippen molar-refractivity contribution in [3.8, 4) is 11.4 Å². The molecule has 128 valence electrons. The Morgan fingerprint density at radius 1 is 0.962 bits per heavy atom. The van der Waals surface area contributed by atoms with Gasteiger partial charge in [0.1, 0.15) is 11.6 Å². The molecule has 1 aromatic heterocycles. The van der Waals surface area contributed by atoms with Gasteiger partial charge < -0.3 is 10.4 Å². The minimum Gasteiger partial charge on any atom is -0.506 e. The van der Waals surface area contributed by atoms with E-state index in [1.807, 2.05) is 30.3 Å². The van der Waals surface area contributed by atoms with Gasteiger partial charge in [-0.3, -0.25) is 14.7 Å². The maximum Gasteiger partial charge on any atom is 0.273 e. The lowest BCUT2D eigenvalue weighted by Gasteiger charge is -2.08. The number of nitrogens with zero attached hydrogens (tertiary/aromatic N) is 1. The Labute approximate surface area is 148 Å². The number of amides is 1. The molecule has 0 spiro atoms. The number of nitrogens with one attached hydrogen (secondary N) is 2. The van der Waals surface area contributed by atoms with Crippen LogP contribution in [0.25, 0.3) is 16.5 Å². The first-order valence-corrected chi connectivity index (χ1v) is 8.03. The molecular formula is C20H15N3O3. The van der Waals surface area contributed by atoms with E-state index in [9.17, 15) is 14.7 Å². The Balaban J connectivity index is 1.65. The number of para-hydroxylation sites is 1. The summed E-state index contributed by atoms with van der Waals surface area (Å²) in [5.41, 5.74) is 0.498. The van der Waals surface area contributed by atoms with Gasteiger partial charge in [-0.05, 0) is 23.6 Å². The summed E-state index contributed by atoms with van der Waals surface area (Å²) in [7, 11) is 0. The predicted molar refractivity (Wildman–Crippen MR) is 100.0 cm³/mol. The number of carbonyl (C=O) groups excluding carboxylic acids is 1. The van der Waals surface area contributed by atoms with Crippen molar-refractivity contribution in [1.82, 2.24) is 9.78 Å². The van der Waals surface area contributed by atoms with Gasteiger partial charge in [-0.25, -0.2) is 4.68 Å². The van der Waals surface area contributed by atoms with Crippen molar-refractivity contribution in [2.45, 2.75) is 0 Å². The van der Waals surface area contributed by atoms with E-state index in [1.54, 1.807) is 36.4 Å². The van der Waals surface area contributed by atoms with E-state index in [0.717, 1.165) is 5.39 Å². The highest BCUT2D eigenvalue weighted by molar-refractivity contribution is 6.09. The molecule has 3 N–H and O–H groups in total. The summed E-state index contributed by atoms with van der Waals surface area (Å²) in [4.78, 5) is 24.7. The van der Waals surface area contributed by atoms with Gasteiger partial charge in [0.2, 0.25) is 0 Å². The first kappa shape index (κ1) is 15.7. The van der Waals surface area contributed by atoms with Crippen LogP contribution >= 0.6 is 0 Å². The highest BCUT2D eigenvalue weighted by atomic mass is 16.3. The SMILES string of the molecule is O=C(Nc1cc(=O)n(-c2ccccc2)[nH]1)c1ccc2ccccc2c1O. The number of carbonyl (C=O) groups is 1. The number of aromatic amines is 1. The molecular weight excluding hydrogens is 330 g/mol. The van der Waals surface area contributed by atoms with Crippen LogP contribution in [0.3, 0.4) is 0 Å². The zero-order chi connectivity index (χ0) is 18.1. The molecule has 0 aliphatic rings. The predicted octanol–water partition coefficient (Wildman–Crippen LogP) is 3.28. The summed E-state index contributed by atoms with van der Waals surface area (Å²) in [5, 5.41) is 17.3. The van der Waals surface area contributed by atoms with Crippen molar-refractivity contribution in [3.63, 3.8) is 0 Å². The number of H-pyrrole nitrogens is 1. The van der Waals surface area contributed by atoms with E-state index < -0.39 is 5.91 Å². The lowest BCUT2D eigenvalue weighted by atomic mass is 10.0. The Morgan fingerprint density at radius 2 is 1.69 bits per heavy atom. The van der Waals surface area contributed by atoms with E-state index in [0.29, 0.717) is 11.1 Å². The topological polar surface area (TPSA) is 87.1 Å². The molecule has 0 fully saturated rings. The van der Waals surface area contributed by atoms with Crippen LogP contribution < -0.4 is 10.9 Å². The number of hydrogen-bond acceptors (Lipinski definition) is 3. The molecule has 26 heavy (non-hydrogen) atoms. The minimum absolute atomic E-state index is 0.0922. The maximum absolute atomic E-state index is 12.5. The largest absolute Gasteiger partial charge is 0.506 e. The van der Waals surface area contributed by atoms with E-state index >= 15 is 0 Å². The van der Waals surface area contributed by atoms with Crippen molar-refractivity contribution < 1.29 is 9.90 Å². The zero-order valence-electron chi connectivity index (χ0n) is 13.6. The van der Waals surface area contributed by atoms with Crippen LogP contribution in [0, 0.1) is 0 Å². The number of anilines is 1. The molecule has 0 aliphatic heterocycles. The van der Waals surface area contributed by atoms with E-state index in [4.69, 9.17) is 0 Å². The summed E-state index contributed by atoms with van der Waals surface area (Å²) in [5.74, 6) is -0.350. The normalized spacial score (nSPS) is 10.8. The van der Waals surface area contributed by atoms with E-state index in [-0.39, 0.29) is 22.7 Å². The second-order valence-corrected chi connectivity index (χ2v) is 5.82. The minimum atomic E-state index is -0.505. The fourth-order valence-corrected chi connectivity index (χ4v) is 2.86. The molecule has 0 saturated heterocycles. The van der Waals surface area contributed by atoms with E-state index in [2.05, 4.69) is 10.4 Å². The Hall–Kier alpha value is -3.80. The number of phenols is 1. The summed E-state index contributed by atoms with van der Waals surface area (Å²) < 4.78 is 1.33. The number of hydrogen-bond donors (Lipinski definition) is 3. The average molecular weight is 345 g/mol. The van der Waals surface area contributed by atoms with Crippen molar-refractivity contribution in [1.29, 1.82) is 0 Å². The molecule has 6 nitrogen and oxygen atoms in total. The highest BCUT2D eigenvalue weighted by Gasteiger charge is 2.15. The number of aromatic nitrogens is 2. The standard InChI is InChI=1S/C20H15N3O3/c24-18-12-17(22-23(18)14-7-2-1-3-8-14)21-20(26)16-11-10-13-6-4-5-9-15(13)19(16)25/h1-12,22,25H,(H,21,26). The number of rotatable bonds is 3. The van der Waals surface area contributed by atoms with Crippen molar-refractivity contribution in [2.24, 2.45) is 0 Å². The van der Waals surface area contributed by atoms with Gasteiger partial charge in [0, 0.05) is 11.5 Å². The zero-order valence-corrected chi connectivity index (χ0v) is 13.6. The van der Waals surface area contributed by atoms with Gasteiger partial charge in [0.25, 0.3) is 11.5 Å². The smallest absolute Gasteiger partial charge is 0.273 e. The molecule has 6 heteroatoms. The fraction of sp³-hybridized carbons (Fsp3) is 0. The average Bonchev–Trinajstić information content (AvgIpc) is 3.03. The quantitative estimate of drug-likeness (QED) is 0.532. The molecule has 0 aliphatic carbocycles. The number of aromatic hydroxyl groups is 1. The summed E-state index contributed by atoms with van der Waals surface area (Å²) in [6, 6.07) is 20.9. The Morgan fingerprint density at radius 3 is 2.50 bits per heavy atom. The number of fused-ring (bicyclic) bond motifs is 1. The van der Waals surface area contributed by atoms with Gasteiger partial charge in [-0.15, -0.1) is 0 Å². The lowest BCUT2D eigenvalue weighted by molar-refractivity contribution is 0.102. The van der Waals surface area contributed by atoms with Crippen LogP contribution in [-0.4, -0.2) is 20.8 Å². The lowest BCUT2D eigenvalue weighted by Crippen LogP contribution is -2.13. The van der Waals surface area contributed by atoms with Crippen LogP contribution in [0.2, 0.25) is 0 Å². The molecule has 1 amide bonds. The van der Waals surface area contributed by atoms with Crippen molar-refractivity contribution >= 4 is 22.5 Å². The maximum atomic E-state index is 12.5. The molecule has 0 radical (unpaired) electrons. The fourth-order valence-electron chi connectivity index (χ4n) is 2.86. The van der Waals surface area contributed by atoms with Gasteiger partial charge in [0.15, 0.2) is 0 Å². The third-order valence-electron chi connectivity index (χ3n) is 4.13. The molecule has 4 rings (SSSR count). The molecule has 4 aromatic rings. The molecule has 3 aromatic carbocycles. The van der Waals surface area contributed by atoms with Gasteiger partial charge in [-0.1, -0.05) is 48.5 Å². The molecule has 0 unspecified atom stereocenters. The number of phenolic OH excluding ortho intramolecular Hbond substituents is 1. The van der Waals surface area contributed by atoms with Crippen LogP contribution in [0.1, 0.15) is 10.4 Å². The summed E-state index contributed by atoms with van der Waals surface area (Å²) in [6.07, 6.45) is 0. The van der Waals surface area contributed by atoms with E-state index in [1.165, 1.54) is 10.7 Å². The molecule has 0 atom stereocenters. The van der Waals surface area contributed by atoms with Crippen LogP contribution in [-0.2, 0) is 0 Å². The van der Waals surface area contributed by atoms with Crippen LogP contribution in [0.4, 0.5) is 5.82 Å².